The third kappa shape index (κ3) is 6.79. The summed E-state index contributed by atoms with van der Waals surface area (Å²) in [7, 11) is 6.08. The minimum Gasteiger partial charge on any atom is -0.493 e. The maximum Gasteiger partial charge on any atom is 0.274 e. The molecule has 0 fully saturated rings. The van der Waals surface area contributed by atoms with E-state index in [2.05, 4.69) is 25.9 Å². The van der Waals surface area contributed by atoms with Crippen LogP contribution < -0.4 is 24.8 Å². The van der Waals surface area contributed by atoms with Crippen molar-refractivity contribution in [2.24, 2.45) is 4.99 Å². The molecule has 37 heavy (non-hydrogen) atoms. The Hall–Kier alpha value is -4.06. The highest BCUT2D eigenvalue weighted by atomic mass is 32.2. The number of nitrogens with zero attached hydrogens (tertiary/aromatic N) is 4. The number of benzene rings is 2. The van der Waals surface area contributed by atoms with Crippen LogP contribution in [0.4, 0.5) is 0 Å². The zero-order chi connectivity index (χ0) is 26.8. The lowest BCUT2D eigenvalue weighted by Crippen LogP contribution is -2.30. The van der Waals surface area contributed by atoms with Gasteiger partial charge in [0, 0.05) is 24.7 Å². The predicted molar refractivity (Wildman–Crippen MR) is 141 cm³/mol. The van der Waals surface area contributed by atoms with E-state index in [1.165, 1.54) is 32.2 Å². The second-order valence-corrected chi connectivity index (χ2v) is 8.52. The molecule has 0 aliphatic carbocycles. The fourth-order valence-electron chi connectivity index (χ4n) is 3.58. The van der Waals surface area contributed by atoms with E-state index in [-0.39, 0.29) is 29.8 Å². The SMILES string of the molecule is CN=CC(NC(=O)c1cn(CCNC(=O)c2ccc(OC)c(OC)c2OC)nn1)c1cccc(SC)c1. The van der Waals surface area contributed by atoms with E-state index in [0.29, 0.717) is 23.6 Å². The molecule has 1 aromatic heterocycles. The van der Waals surface area contributed by atoms with Crippen LogP contribution in [0.25, 0.3) is 0 Å². The molecule has 2 N–H and O–H groups in total. The van der Waals surface area contributed by atoms with Crippen molar-refractivity contribution in [1.29, 1.82) is 0 Å². The Morgan fingerprint density at radius 3 is 2.57 bits per heavy atom. The van der Waals surface area contributed by atoms with E-state index in [1.807, 2.05) is 30.5 Å². The summed E-state index contributed by atoms with van der Waals surface area (Å²) in [5.74, 6) is 0.312. The summed E-state index contributed by atoms with van der Waals surface area (Å²) in [5.41, 5.74) is 1.36. The summed E-state index contributed by atoms with van der Waals surface area (Å²) in [6, 6.07) is 10.7. The van der Waals surface area contributed by atoms with Gasteiger partial charge in [0.1, 0.15) is 0 Å². The van der Waals surface area contributed by atoms with E-state index >= 15 is 0 Å². The van der Waals surface area contributed by atoms with Crippen LogP contribution in [0.5, 0.6) is 17.2 Å². The smallest absolute Gasteiger partial charge is 0.274 e. The molecule has 0 radical (unpaired) electrons. The van der Waals surface area contributed by atoms with E-state index < -0.39 is 6.04 Å². The van der Waals surface area contributed by atoms with Crippen LogP contribution >= 0.6 is 11.8 Å². The average Bonchev–Trinajstić information content (AvgIpc) is 3.40. The fourth-order valence-corrected chi connectivity index (χ4v) is 4.05. The molecule has 3 aromatic rings. The summed E-state index contributed by atoms with van der Waals surface area (Å²) < 4.78 is 17.4. The van der Waals surface area contributed by atoms with Gasteiger partial charge in [0.25, 0.3) is 11.8 Å². The molecule has 12 heteroatoms. The van der Waals surface area contributed by atoms with Gasteiger partial charge < -0.3 is 24.8 Å². The number of aliphatic imine (C=N–C) groups is 1. The van der Waals surface area contributed by atoms with Gasteiger partial charge in [-0.1, -0.05) is 17.3 Å². The molecule has 0 saturated carbocycles. The number of methoxy groups -OCH3 is 3. The molecule has 0 aliphatic heterocycles. The number of carbonyl (C=O) groups excluding carboxylic acids is 2. The lowest BCUT2D eigenvalue weighted by Gasteiger charge is -2.15. The molecule has 0 aliphatic rings. The molecule has 11 nitrogen and oxygen atoms in total. The monoisotopic (exact) mass is 526 g/mol. The molecule has 1 unspecified atom stereocenters. The van der Waals surface area contributed by atoms with Crippen molar-refractivity contribution in [3.63, 3.8) is 0 Å². The molecular formula is C25H30N6O5S. The second kappa shape index (κ2) is 13.3. The first-order valence-corrected chi connectivity index (χ1v) is 12.5. The van der Waals surface area contributed by atoms with Crippen LogP contribution in [0.15, 0.2) is 52.5 Å². The van der Waals surface area contributed by atoms with Gasteiger partial charge in [-0.25, -0.2) is 4.68 Å². The number of carbonyl (C=O) groups is 2. The number of hydrogen-bond donors (Lipinski definition) is 2. The number of amides is 2. The van der Waals surface area contributed by atoms with Crippen molar-refractivity contribution in [2.75, 3.05) is 41.2 Å². The highest BCUT2D eigenvalue weighted by Crippen LogP contribution is 2.39. The molecule has 1 heterocycles. The minimum absolute atomic E-state index is 0.156. The van der Waals surface area contributed by atoms with Crippen LogP contribution in [0.3, 0.4) is 0 Å². The lowest BCUT2D eigenvalue weighted by molar-refractivity contribution is 0.0935. The number of ether oxygens (including phenoxy) is 3. The minimum atomic E-state index is -0.412. The van der Waals surface area contributed by atoms with Crippen LogP contribution in [-0.2, 0) is 6.54 Å². The Morgan fingerprint density at radius 2 is 1.89 bits per heavy atom. The summed E-state index contributed by atoms with van der Waals surface area (Å²) in [5, 5.41) is 13.7. The Morgan fingerprint density at radius 1 is 1.11 bits per heavy atom. The van der Waals surface area contributed by atoms with Crippen molar-refractivity contribution in [3.05, 3.63) is 59.4 Å². The highest BCUT2D eigenvalue weighted by molar-refractivity contribution is 7.98. The number of thioether (sulfide) groups is 1. The van der Waals surface area contributed by atoms with Crippen LogP contribution in [0, 0.1) is 0 Å². The molecule has 0 saturated heterocycles. The maximum atomic E-state index is 12.8. The van der Waals surface area contributed by atoms with Gasteiger partial charge in [-0.15, -0.1) is 16.9 Å². The third-order valence-corrected chi connectivity index (χ3v) is 6.11. The summed E-state index contributed by atoms with van der Waals surface area (Å²) in [6.07, 6.45) is 5.18. The van der Waals surface area contributed by atoms with Gasteiger partial charge in [0.15, 0.2) is 17.2 Å². The number of rotatable bonds is 12. The van der Waals surface area contributed by atoms with Crippen molar-refractivity contribution in [2.45, 2.75) is 17.5 Å². The molecule has 2 amide bonds. The van der Waals surface area contributed by atoms with Gasteiger partial charge in [-0.05, 0) is 36.1 Å². The van der Waals surface area contributed by atoms with Crippen molar-refractivity contribution < 1.29 is 23.8 Å². The summed E-state index contributed by atoms with van der Waals surface area (Å²) >= 11 is 1.62. The molecule has 2 aromatic carbocycles. The average molecular weight is 527 g/mol. The van der Waals surface area contributed by atoms with Crippen molar-refractivity contribution >= 4 is 29.8 Å². The molecule has 1 atom stereocenters. The molecule has 196 valence electrons. The van der Waals surface area contributed by atoms with Crippen LogP contribution in [0.2, 0.25) is 0 Å². The zero-order valence-electron chi connectivity index (χ0n) is 21.3. The standard InChI is InChI=1S/C25H30N6O5S/c1-26-14-19(16-7-6-8-17(13-16)37-5)28-25(33)20-15-31(30-29-20)12-11-27-24(32)18-9-10-21(34-2)23(36-4)22(18)35-3/h6-10,13-15,19H,11-12H2,1-5H3,(H,27,32)(H,28,33). The van der Waals surface area contributed by atoms with Gasteiger partial charge in [-0.2, -0.15) is 0 Å². The Bertz CT molecular complexity index is 1260. The van der Waals surface area contributed by atoms with Gasteiger partial charge in [0.2, 0.25) is 5.75 Å². The molecule has 3 rings (SSSR count). The van der Waals surface area contributed by atoms with Crippen LogP contribution in [0.1, 0.15) is 32.5 Å². The first-order valence-electron chi connectivity index (χ1n) is 11.3. The molecule has 0 bridgehead atoms. The Kier molecular flexibility index (Phi) is 9.90. The van der Waals surface area contributed by atoms with E-state index in [0.717, 1.165) is 10.5 Å². The Labute approximate surface area is 219 Å². The first kappa shape index (κ1) is 27.5. The van der Waals surface area contributed by atoms with E-state index in [4.69, 9.17) is 14.2 Å². The normalized spacial score (nSPS) is 11.7. The van der Waals surface area contributed by atoms with Gasteiger partial charge in [-0.3, -0.25) is 14.6 Å². The number of hydrogen-bond acceptors (Lipinski definition) is 9. The van der Waals surface area contributed by atoms with E-state index in [9.17, 15) is 9.59 Å². The Balaban J connectivity index is 1.61. The fraction of sp³-hybridized carbons (Fsp3) is 0.320. The summed E-state index contributed by atoms with van der Waals surface area (Å²) in [6.45, 7) is 0.546. The van der Waals surface area contributed by atoms with Gasteiger partial charge in [0.05, 0.1) is 45.7 Å². The third-order valence-electron chi connectivity index (χ3n) is 5.38. The topological polar surface area (TPSA) is 129 Å². The lowest BCUT2D eigenvalue weighted by atomic mass is 10.1. The molecule has 0 spiro atoms. The molecular weight excluding hydrogens is 496 g/mol. The van der Waals surface area contributed by atoms with Crippen molar-refractivity contribution in [3.8, 4) is 17.2 Å². The van der Waals surface area contributed by atoms with Gasteiger partial charge >= 0.3 is 0 Å². The summed E-state index contributed by atoms with van der Waals surface area (Å²) in [4.78, 5) is 30.7. The number of aromatic nitrogens is 3. The van der Waals surface area contributed by atoms with Crippen LogP contribution in [-0.4, -0.2) is 74.2 Å². The van der Waals surface area contributed by atoms with E-state index in [1.54, 1.807) is 37.2 Å². The largest absolute Gasteiger partial charge is 0.493 e. The first-order chi connectivity index (χ1) is 17.9. The highest BCUT2D eigenvalue weighted by Gasteiger charge is 2.21. The maximum absolute atomic E-state index is 12.8. The predicted octanol–water partition coefficient (Wildman–Crippen LogP) is 2.63. The van der Waals surface area contributed by atoms with Crippen molar-refractivity contribution in [1.82, 2.24) is 25.6 Å². The second-order valence-electron chi connectivity index (χ2n) is 7.64. The number of nitrogens with one attached hydrogen (secondary N) is 2. The zero-order valence-corrected chi connectivity index (χ0v) is 22.2. The quantitative estimate of drug-likeness (QED) is 0.272.